The largest absolute Gasteiger partial charge is 0.465 e. The summed E-state index contributed by atoms with van der Waals surface area (Å²) in [7, 11) is 3.32. The number of aromatic nitrogens is 1. The molecule has 2 aromatic rings. The number of fused-ring (bicyclic) bond motifs is 1. The van der Waals surface area contributed by atoms with Crippen molar-refractivity contribution < 1.29 is 9.53 Å². The number of esters is 1. The Balaban J connectivity index is 2.73. The molecule has 0 saturated carbocycles. The Morgan fingerprint density at radius 2 is 2.13 bits per heavy atom. The van der Waals surface area contributed by atoms with Gasteiger partial charge in [0.05, 0.1) is 12.7 Å². The van der Waals surface area contributed by atoms with Crippen LogP contribution in [0.4, 0.5) is 0 Å². The Morgan fingerprint density at radius 1 is 1.40 bits per heavy atom. The molecule has 3 heteroatoms. The molecule has 0 atom stereocenters. The van der Waals surface area contributed by atoms with Gasteiger partial charge in [0.15, 0.2) is 0 Å². The van der Waals surface area contributed by atoms with E-state index in [-0.39, 0.29) is 5.97 Å². The van der Waals surface area contributed by atoms with E-state index in [9.17, 15) is 4.79 Å². The van der Waals surface area contributed by atoms with Crippen LogP contribution in [-0.2, 0) is 11.8 Å². The van der Waals surface area contributed by atoms with Crippen molar-refractivity contribution in [3.05, 3.63) is 35.5 Å². The van der Waals surface area contributed by atoms with E-state index in [4.69, 9.17) is 4.74 Å². The minimum Gasteiger partial charge on any atom is -0.465 e. The highest BCUT2D eigenvalue weighted by molar-refractivity contribution is 6.04. The van der Waals surface area contributed by atoms with Crippen LogP contribution in [0.25, 0.3) is 10.9 Å². The van der Waals surface area contributed by atoms with Crippen LogP contribution in [0.3, 0.4) is 0 Å². The predicted octanol–water partition coefficient (Wildman–Crippen LogP) is 2.27. The fourth-order valence-corrected chi connectivity index (χ4v) is 1.77. The van der Waals surface area contributed by atoms with Crippen molar-refractivity contribution >= 4 is 16.9 Å². The van der Waals surface area contributed by atoms with Gasteiger partial charge in [0.1, 0.15) is 0 Å². The van der Waals surface area contributed by atoms with E-state index in [2.05, 4.69) is 6.07 Å². The van der Waals surface area contributed by atoms with Crippen molar-refractivity contribution in [2.45, 2.75) is 6.92 Å². The van der Waals surface area contributed by atoms with E-state index in [1.54, 1.807) is 6.20 Å². The number of benzene rings is 1. The van der Waals surface area contributed by atoms with Crippen LogP contribution in [0, 0.1) is 6.92 Å². The lowest BCUT2D eigenvalue weighted by Gasteiger charge is -1.98. The normalized spacial score (nSPS) is 10.6. The van der Waals surface area contributed by atoms with Gasteiger partial charge in [0, 0.05) is 24.1 Å². The standard InChI is InChI=1S/C12H13NO2/c1-8-4-5-9-10(12(14)15-3)7-13(2)11(9)6-8/h4-7H,1-3H3. The van der Waals surface area contributed by atoms with E-state index >= 15 is 0 Å². The molecule has 0 unspecified atom stereocenters. The molecule has 0 aliphatic rings. The molecule has 0 amide bonds. The predicted molar refractivity (Wildman–Crippen MR) is 59.0 cm³/mol. The minimum atomic E-state index is -0.288. The van der Waals surface area contributed by atoms with Gasteiger partial charge in [-0.15, -0.1) is 0 Å². The summed E-state index contributed by atoms with van der Waals surface area (Å²) < 4.78 is 6.67. The molecule has 15 heavy (non-hydrogen) atoms. The topological polar surface area (TPSA) is 31.2 Å². The molecule has 78 valence electrons. The average molecular weight is 203 g/mol. The number of nitrogens with zero attached hydrogens (tertiary/aromatic N) is 1. The van der Waals surface area contributed by atoms with E-state index in [1.807, 2.05) is 30.7 Å². The molecule has 3 nitrogen and oxygen atoms in total. The Kier molecular flexibility index (Phi) is 2.23. The fourth-order valence-electron chi connectivity index (χ4n) is 1.77. The zero-order valence-electron chi connectivity index (χ0n) is 9.07. The third-order valence-corrected chi connectivity index (χ3v) is 2.55. The van der Waals surface area contributed by atoms with Gasteiger partial charge in [-0.3, -0.25) is 0 Å². The summed E-state index contributed by atoms with van der Waals surface area (Å²) in [6, 6.07) is 6.01. The first-order valence-corrected chi connectivity index (χ1v) is 4.77. The van der Waals surface area contributed by atoms with Crippen molar-refractivity contribution in [2.24, 2.45) is 7.05 Å². The average Bonchev–Trinajstić information content (AvgIpc) is 2.55. The molecule has 0 N–H and O–H groups in total. The van der Waals surface area contributed by atoms with Crippen LogP contribution in [0.5, 0.6) is 0 Å². The van der Waals surface area contributed by atoms with Gasteiger partial charge in [-0.05, 0) is 18.6 Å². The highest BCUT2D eigenvalue weighted by Gasteiger charge is 2.13. The van der Waals surface area contributed by atoms with Gasteiger partial charge in [-0.2, -0.15) is 0 Å². The molecule has 0 saturated heterocycles. The van der Waals surface area contributed by atoms with Crippen molar-refractivity contribution in [3.8, 4) is 0 Å². The monoisotopic (exact) mass is 203 g/mol. The first kappa shape index (κ1) is 9.77. The van der Waals surface area contributed by atoms with Crippen LogP contribution in [0.15, 0.2) is 24.4 Å². The number of hydrogen-bond donors (Lipinski definition) is 0. The fraction of sp³-hybridized carbons (Fsp3) is 0.250. The molecule has 0 fully saturated rings. The van der Waals surface area contributed by atoms with Gasteiger partial charge in [0.2, 0.25) is 0 Å². The van der Waals surface area contributed by atoms with Crippen molar-refractivity contribution in [1.29, 1.82) is 0 Å². The molecule has 1 aromatic heterocycles. The molecular weight excluding hydrogens is 190 g/mol. The highest BCUT2D eigenvalue weighted by Crippen LogP contribution is 2.22. The summed E-state index contributed by atoms with van der Waals surface area (Å²) in [5.74, 6) is -0.288. The minimum absolute atomic E-state index is 0.288. The van der Waals surface area contributed by atoms with Crippen LogP contribution in [0.2, 0.25) is 0 Å². The Bertz CT molecular complexity index is 526. The lowest BCUT2D eigenvalue weighted by molar-refractivity contribution is 0.0603. The van der Waals surface area contributed by atoms with E-state index in [1.165, 1.54) is 12.7 Å². The molecule has 0 aliphatic heterocycles. The molecule has 0 radical (unpaired) electrons. The van der Waals surface area contributed by atoms with Crippen LogP contribution in [-0.4, -0.2) is 17.6 Å². The Hall–Kier alpha value is -1.77. The smallest absolute Gasteiger partial charge is 0.340 e. The first-order chi connectivity index (χ1) is 7.13. The molecule has 1 heterocycles. The van der Waals surface area contributed by atoms with Gasteiger partial charge < -0.3 is 9.30 Å². The van der Waals surface area contributed by atoms with E-state index in [0.717, 1.165) is 10.9 Å². The quantitative estimate of drug-likeness (QED) is 0.666. The summed E-state index contributed by atoms with van der Waals surface area (Å²) >= 11 is 0. The molecule has 0 spiro atoms. The van der Waals surface area contributed by atoms with Crippen LogP contribution >= 0.6 is 0 Å². The summed E-state index contributed by atoms with van der Waals surface area (Å²) in [5.41, 5.74) is 2.85. The molecule has 2 rings (SSSR count). The molecule has 0 aliphatic carbocycles. The van der Waals surface area contributed by atoms with Gasteiger partial charge in [-0.1, -0.05) is 12.1 Å². The second-order valence-electron chi connectivity index (χ2n) is 3.67. The third kappa shape index (κ3) is 1.50. The van der Waals surface area contributed by atoms with E-state index < -0.39 is 0 Å². The Labute approximate surface area is 88.3 Å². The van der Waals surface area contributed by atoms with Crippen molar-refractivity contribution in [2.75, 3.05) is 7.11 Å². The number of hydrogen-bond acceptors (Lipinski definition) is 2. The zero-order valence-corrected chi connectivity index (χ0v) is 9.07. The third-order valence-electron chi connectivity index (χ3n) is 2.55. The SMILES string of the molecule is COC(=O)c1cn(C)c2cc(C)ccc12. The van der Waals surface area contributed by atoms with Gasteiger partial charge in [0.25, 0.3) is 0 Å². The summed E-state index contributed by atoms with van der Waals surface area (Å²) in [6.45, 7) is 2.03. The maximum Gasteiger partial charge on any atom is 0.340 e. The van der Waals surface area contributed by atoms with Crippen LogP contribution < -0.4 is 0 Å². The summed E-state index contributed by atoms with van der Waals surface area (Å²) in [5, 5.41) is 0.940. The van der Waals surface area contributed by atoms with Crippen LogP contribution in [0.1, 0.15) is 15.9 Å². The maximum absolute atomic E-state index is 11.5. The first-order valence-electron chi connectivity index (χ1n) is 4.77. The number of ether oxygens (including phenoxy) is 1. The zero-order chi connectivity index (χ0) is 11.0. The van der Waals surface area contributed by atoms with Gasteiger partial charge in [-0.25, -0.2) is 4.79 Å². The lowest BCUT2D eigenvalue weighted by atomic mass is 10.1. The lowest BCUT2D eigenvalue weighted by Crippen LogP contribution is -1.99. The highest BCUT2D eigenvalue weighted by atomic mass is 16.5. The second-order valence-corrected chi connectivity index (χ2v) is 3.67. The van der Waals surface area contributed by atoms with Crippen molar-refractivity contribution in [3.63, 3.8) is 0 Å². The number of aryl methyl sites for hydroxylation is 2. The van der Waals surface area contributed by atoms with Crippen molar-refractivity contribution in [1.82, 2.24) is 4.57 Å². The Morgan fingerprint density at radius 3 is 2.80 bits per heavy atom. The van der Waals surface area contributed by atoms with Gasteiger partial charge >= 0.3 is 5.97 Å². The van der Waals surface area contributed by atoms with E-state index in [0.29, 0.717) is 5.56 Å². The molecule has 0 bridgehead atoms. The number of rotatable bonds is 1. The number of methoxy groups -OCH3 is 1. The molecular formula is C12H13NO2. The maximum atomic E-state index is 11.5. The number of carbonyl (C=O) groups excluding carboxylic acids is 1. The molecule has 1 aromatic carbocycles. The summed E-state index contributed by atoms with van der Waals surface area (Å²) in [6.07, 6.45) is 1.80. The number of carbonyl (C=O) groups is 1. The second kappa shape index (κ2) is 3.42. The summed E-state index contributed by atoms with van der Waals surface area (Å²) in [4.78, 5) is 11.5.